The summed E-state index contributed by atoms with van der Waals surface area (Å²) < 4.78 is 4.69. The van der Waals surface area contributed by atoms with Crippen molar-refractivity contribution in [3.8, 4) is 0 Å². The lowest BCUT2D eigenvalue weighted by Gasteiger charge is -2.08. The zero-order chi connectivity index (χ0) is 9.84. The highest BCUT2D eigenvalue weighted by Crippen LogP contribution is 2.24. The molecule has 1 aromatic rings. The summed E-state index contributed by atoms with van der Waals surface area (Å²) in [5, 5.41) is 2.80. The van der Waals surface area contributed by atoms with Gasteiger partial charge in [0.2, 0.25) is 0 Å². The van der Waals surface area contributed by atoms with Crippen LogP contribution in [0.4, 0.5) is 0 Å². The molecule has 3 nitrogen and oxygen atoms in total. The molecule has 0 N–H and O–H groups in total. The Balaban J connectivity index is 2.84. The molecular formula is C9H13NO2S. The summed E-state index contributed by atoms with van der Waals surface area (Å²) in [7, 11) is 1.41. The van der Waals surface area contributed by atoms with Crippen LogP contribution in [0.1, 0.15) is 30.0 Å². The topological polar surface area (TPSA) is 39.2 Å². The lowest BCUT2D eigenvalue weighted by molar-refractivity contribution is -0.142. The number of hydrogen-bond acceptors (Lipinski definition) is 4. The van der Waals surface area contributed by atoms with E-state index in [-0.39, 0.29) is 11.9 Å². The van der Waals surface area contributed by atoms with E-state index in [0.717, 1.165) is 17.1 Å². The molecule has 13 heavy (non-hydrogen) atoms. The molecule has 0 aliphatic rings. The third-order valence-electron chi connectivity index (χ3n) is 1.83. The largest absolute Gasteiger partial charge is 0.468 e. The van der Waals surface area contributed by atoms with Crippen LogP contribution in [-0.2, 0) is 9.53 Å². The molecule has 1 atom stereocenters. The Labute approximate surface area is 81.8 Å². The van der Waals surface area contributed by atoms with E-state index in [9.17, 15) is 4.79 Å². The van der Waals surface area contributed by atoms with Gasteiger partial charge in [-0.15, -0.1) is 11.3 Å². The van der Waals surface area contributed by atoms with Crippen LogP contribution in [0.15, 0.2) is 5.38 Å². The van der Waals surface area contributed by atoms with E-state index in [1.807, 2.05) is 19.2 Å². The predicted octanol–water partition coefficient (Wildman–Crippen LogP) is 2.12. The highest BCUT2D eigenvalue weighted by molar-refractivity contribution is 7.09. The maximum absolute atomic E-state index is 11.3. The van der Waals surface area contributed by atoms with Gasteiger partial charge < -0.3 is 4.74 Å². The number of ether oxygens (including phenoxy) is 1. The maximum atomic E-state index is 11.3. The highest BCUT2D eigenvalue weighted by atomic mass is 32.1. The van der Waals surface area contributed by atoms with Crippen molar-refractivity contribution >= 4 is 17.3 Å². The van der Waals surface area contributed by atoms with Crippen LogP contribution in [0, 0.1) is 6.92 Å². The van der Waals surface area contributed by atoms with Crippen LogP contribution in [0.5, 0.6) is 0 Å². The molecule has 1 rings (SSSR count). The highest BCUT2D eigenvalue weighted by Gasteiger charge is 2.21. The molecular weight excluding hydrogens is 186 g/mol. The summed E-state index contributed by atoms with van der Waals surface area (Å²) >= 11 is 1.51. The van der Waals surface area contributed by atoms with Crippen LogP contribution >= 0.6 is 11.3 Å². The molecule has 0 radical (unpaired) electrons. The lowest BCUT2D eigenvalue weighted by Crippen LogP contribution is -2.13. The summed E-state index contributed by atoms with van der Waals surface area (Å²) in [5.41, 5.74) is 0.961. The Kier molecular flexibility index (Phi) is 3.42. The molecule has 0 amide bonds. The van der Waals surface area contributed by atoms with Gasteiger partial charge in [-0.1, -0.05) is 6.92 Å². The van der Waals surface area contributed by atoms with Gasteiger partial charge in [-0.2, -0.15) is 0 Å². The van der Waals surface area contributed by atoms with E-state index in [1.165, 1.54) is 18.4 Å². The molecule has 4 heteroatoms. The van der Waals surface area contributed by atoms with Crippen LogP contribution in [0.3, 0.4) is 0 Å². The van der Waals surface area contributed by atoms with Crippen molar-refractivity contribution in [2.45, 2.75) is 26.2 Å². The first kappa shape index (κ1) is 10.2. The summed E-state index contributed by atoms with van der Waals surface area (Å²) in [5.74, 6) is -0.388. The number of aromatic nitrogens is 1. The van der Waals surface area contributed by atoms with Crippen LogP contribution < -0.4 is 0 Å². The molecule has 0 spiro atoms. The quantitative estimate of drug-likeness (QED) is 0.700. The molecule has 0 bridgehead atoms. The number of esters is 1. The van der Waals surface area contributed by atoms with Crippen molar-refractivity contribution in [1.29, 1.82) is 0 Å². The van der Waals surface area contributed by atoms with Crippen LogP contribution in [-0.4, -0.2) is 18.1 Å². The summed E-state index contributed by atoms with van der Waals surface area (Å²) in [6, 6.07) is 0. The Morgan fingerprint density at radius 3 is 2.85 bits per heavy atom. The first-order valence-corrected chi connectivity index (χ1v) is 5.06. The molecule has 72 valence electrons. The standard InChI is InChI=1S/C9H13NO2S/c1-4-7(9(11)12-3)8-10-6(2)5-13-8/h5,7H,4H2,1-3H3. The second-order valence-electron chi connectivity index (χ2n) is 2.81. The minimum absolute atomic E-state index is 0.191. The van der Waals surface area contributed by atoms with E-state index in [1.54, 1.807) is 0 Å². The van der Waals surface area contributed by atoms with Crippen molar-refractivity contribution < 1.29 is 9.53 Å². The number of rotatable bonds is 3. The molecule has 0 saturated carbocycles. The zero-order valence-electron chi connectivity index (χ0n) is 8.03. The van der Waals surface area contributed by atoms with Crippen molar-refractivity contribution in [1.82, 2.24) is 4.98 Å². The van der Waals surface area contributed by atoms with Crippen LogP contribution in [0.2, 0.25) is 0 Å². The summed E-state index contributed by atoms with van der Waals surface area (Å²) in [6.07, 6.45) is 0.736. The molecule has 0 aliphatic carbocycles. The van der Waals surface area contributed by atoms with Crippen LogP contribution in [0.25, 0.3) is 0 Å². The number of methoxy groups -OCH3 is 1. The molecule has 0 saturated heterocycles. The van der Waals surface area contributed by atoms with Gasteiger partial charge in [-0.05, 0) is 13.3 Å². The monoisotopic (exact) mass is 199 g/mol. The number of nitrogens with zero attached hydrogens (tertiary/aromatic N) is 1. The first-order chi connectivity index (χ1) is 6.19. The van der Waals surface area contributed by atoms with Gasteiger partial charge in [0.15, 0.2) is 0 Å². The van der Waals surface area contributed by atoms with Crippen molar-refractivity contribution in [2.24, 2.45) is 0 Å². The second-order valence-corrected chi connectivity index (χ2v) is 3.70. The fourth-order valence-corrected chi connectivity index (χ4v) is 2.08. The van der Waals surface area contributed by atoms with E-state index < -0.39 is 0 Å². The lowest BCUT2D eigenvalue weighted by atomic mass is 10.1. The smallest absolute Gasteiger partial charge is 0.315 e. The number of carbonyl (C=O) groups excluding carboxylic acids is 1. The molecule has 0 aromatic carbocycles. The number of hydrogen-bond donors (Lipinski definition) is 0. The molecule has 0 fully saturated rings. The SMILES string of the molecule is CCC(C(=O)OC)c1nc(C)cs1. The second kappa shape index (κ2) is 4.37. The van der Waals surface area contributed by atoms with E-state index in [2.05, 4.69) is 4.98 Å². The number of thiazole rings is 1. The Hall–Kier alpha value is -0.900. The Morgan fingerprint density at radius 1 is 1.77 bits per heavy atom. The summed E-state index contributed by atoms with van der Waals surface area (Å²) in [6.45, 7) is 3.88. The van der Waals surface area contributed by atoms with Gasteiger partial charge in [0.25, 0.3) is 0 Å². The first-order valence-electron chi connectivity index (χ1n) is 4.18. The third-order valence-corrected chi connectivity index (χ3v) is 2.91. The Bertz CT molecular complexity index is 296. The van der Waals surface area contributed by atoms with Gasteiger partial charge in [-0.3, -0.25) is 4.79 Å². The van der Waals surface area contributed by atoms with Gasteiger partial charge >= 0.3 is 5.97 Å². The average molecular weight is 199 g/mol. The minimum Gasteiger partial charge on any atom is -0.468 e. The average Bonchev–Trinajstić information content (AvgIpc) is 2.53. The van der Waals surface area contributed by atoms with Crippen molar-refractivity contribution in [2.75, 3.05) is 7.11 Å². The molecule has 0 aliphatic heterocycles. The van der Waals surface area contributed by atoms with E-state index in [4.69, 9.17) is 4.74 Å². The maximum Gasteiger partial charge on any atom is 0.315 e. The van der Waals surface area contributed by atoms with Gasteiger partial charge in [-0.25, -0.2) is 4.98 Å². The van der Waals surface area contributed by atoms with Crippen molar-refractivity contribution in [3.05, 3.63) is 16.1 Å². The zero-order valence-corrected chi connectivity index (χ0v) is 8.85. The predicted molar refractivity (Wildman–Crippen MR) is 51.9 cm³/mol. The van der Waals surface area contributed by atoms with E-state index >= 15 is 0 Å². The van der Waals surface area contributed by atoms with Gasteiger partial charge in [0, 0.05) is 11.1 Å². The fourth-order valence-electron chi connectivity index (χ4n) is 1.12. The molecule has 1 aromatic heterocycles. The van der Waals surface area contributed by atoms with Gasteiger partial charge in [0.05, 0.1) is 7.11 Å². The number of carbonyl (C=O) groups is 1. The summed E-state index contributed by atoms with van der Waals surface area (Å²) in [4.78, 5) is 15.6. The van der Waals surface area contributed by atoms with E-state index in [0.29, 0.717) is 0 Å². The molecule has 1 unspecified atom stereocenters. The minimum atomic E-state index is -0.197. The number of aryl methyl sites for hydroxylation is 1. The third kappa shape index (κ3) is 2.28. The molecule has 1 heterocycles. The van der Waals surface area contributed by atoms with Crippen molar-refractivity contribution in [3.63, 3.8) is 0 Å². The Morgan fingerprint density at radius 2 is 2.46 bits per heavy atom. The van der Waals surface area contributed by atoms with Gasteiger partial charge in [0.1, 0.15) is 10.9 Å². The normalized spacial score (nSPS) is 12.5. The fraction of sp³-hybridized carbons (Fsp3) is 0.556.